The minimum Gasteiger partial charge on any atom is -0.394 e. The highest BCUT2D eigenvalue weighted by Crippen LogP contribution is 2.13. The summed E-state index contributed by atoms with van der Waals surface area (Å²) in [6.07, 6.45) is 53.1. The lowest BCUT2D eigenvalue weighted by Crippen LogP contribution is -2.45. The third kappa shape index (κ3) is 35.2. The number of aliphatic hydroxyl groups is 2. The Morgan fingerprint density at radius 1 is 0.511 bits per heavy atom. The van der Waals surface area contributed by atoms with E-state index in [4.69, 9.17) is 0 Å². The molecule has 3 N–H and O–H groups in total. The number of carbonyl (C=O) groups excluding carboxylic acids is 1. The smallest absolute Gasteiger partial charge is 0.220 e. The van der Waals surface area contributed by atoms with E-state index in [0.717, 1.165) is 38.5 Å². The Kier molecular flexibility index (Phi) is 37.0. The fraction of sp³-hybridized carbons (Fsp3) is 0.744. The van der Waals surface area contributed by atoms with Crippen molar-refractivity contribution in [1.82, 2.24) is 5.32 Å². The second-order valence-electron chi connectivity index (χ2n) is 13.4. The van der Waals surface area contributed by atoms with Crippen molar-refractivity contribution in [3.63, 3.8) is 0 Å². The van der Waals surface area contributed by atoms with Gasteiger partial charge < -0.3 is 15.5 Å². The van der Waals surface area contributed by atoms with Crippen molar-refractivity contribution in [3.8, 4) is 0 Å². The van der Waals surface area contributed by atoms with Crippen LogP contribution in [0.3, 0.4) is 0 Å². The van der Waals surface area contributed by atoms with Crippen LogP contribution in [0.25, 0.3) is 0 Å². The maximum atomic E-state index is 12.3. The third-order valence-corrected chi connectivity index (χ3v) is 8.73. The molecule has 0 fully saturated rings. The maximum absolute atomic E-state index is 12.3. The molecule has 0 aromatic heterocycles. The van der Waals surface area contributed by atoms with Crippen LogP contribution in [0.1, 0.15) is 187 Å². The molecular formula is C43H77NO3. The zero-order chi connectivity index (χ0) is 34.3. The lowest BCUT2D eigenvalue weighted by Gasteiger charge is -2.19. The molecule has 0 aromatic rings. The van der Waals surface area contributed by atoms with E-state index in [1.54, 1.807) is 6.08 Å². The van der Waals surface area contributed by atoms with Crippen molar-refractivity contribution in [3.05, 3.63) is 60.8 Å². The van der Waals surface area contributed by atoms with Crippen LogP contribution in [-0.4, -0.2) is 34.9 Å². The third-order valence-electron chi connectivity index (χ3n) is 8.73. The zero-order valence-electron chi connectivity index (χ0n) is 31.0. The minimum absolute atomic E-state index is 0.0849. The van der Waals surface area contributed by atoms with Gasteiger partial charge in [0.1, 0.15) is 0 Å². The Labute approximate surface area is 292 Å². The molecular weight excluding hydrogens is 578 g/mol. The van der Waals surface area contributed by atoms with Gasteiger partial charge in [-0.1, -0.05) is 171 Å². The van der Waals surface area contributed by atoms with E-state index >= 15 is 0 Å². The number of hydrogen-bond donors (Lipinski definition) is 3. The molecule has 0 aliphatic heterocycles. The average Bonchev–Trinajstić information content (AvgIpc) is 3.07. The molecule has 0 aliphatic carbocycles. The molecule has 0 heterocycles. The molecule has 0 spiro atoms. The number of rotatable bonds is 35. The van der Waals surface area contributed by atoms with Gasteiger partial charge in [-0.05, 0) is 70.6 Å². The zero-order valence-corrected chi connectivity index (χ0v) is 31.0. The van der Waals surface area contributed by atoms with Crippen molar-refractivity contribution in [2.24, 2.45) is 0 Å². The summed E-state index contributed by atoms with van der Waals surface area (Å²) in [5, 5.41) is 22.9. The van der Waals surface area contributed by atoms with Gasteiger partial charge in [0.2, 0.25) is 5.91 Å². The molecule has 4 heteroatoms. The average molecular weight is 656 g/mol. The van der Waals surface area contributed by atoms with Crippen LogP contribution in [0, 0.1) is 0 Å². The van der Waals surface area contributed by atoms with Gasteiger partial charge in [-0.3, -0.25) is 4.79 Å². The van der Waals surface area contributed by atoms with Gasteiger partial charge in [0.25, 0.3) is 0 Å². The van der Waals surface area contributed by atoms with Crippen molar-refractivity contribution in [2.45, 2.75) is 199 Å². The fourth-order valence-corrected chi connectivity index (χ4v) is 5.61. The number of allylic oxidation sites excluding steroid dienone is 9. The first kappa shape index (κ1) is 45.1. The number of nitrogens with one attached hydrogen (secondary N) is 1. The Morgan fingerprint density at radius 2 is 0.894 bits per heavy atom. The number of amides is 1. The topological polar surface area (TPSA) is 69.6 Å². The highest BCUT2D eigenvalue weighted by Gasteiger charge is 2.17. The van der Waals surface area contributed by atoms with E-state index in [9.17, 15) is 15.0 Å². The summed E-state index contributed by atoms with van der Waals surface area (Å²) >= 11 is 0. The Hall–Kier alpha value is -1.91. The van der Waals surface area contributed by atoms with Gasteiger partial charge >= 0.3 is 0 Å². The van der Waals surface area contributed by atoms with E-state index in [1.165, 1.54) is 128 Å². The maximum Gasteiger partial charge on any atom is 0.220 e. The molecule has 0 saturated heterocycles. The first-order valence-electron chi connectivity index (χ1n) is 20.0. The highest BCUT2D eigenvalue weighted by molar-refractivity contribution is 5.76. The Balaban J connectivity index is 3.68. The van der Waals surface area contributed by atoms with E-state index in [0.29, 0.717) is 6.42 Å². The van der Waals surface area contributed by atoms with Gasteiger partial charge in [-0.15, -0.1) is 0 Å². The molecule has 0 rings (SSSR count). The van der Waals surface area contributed by atoms with Gasteiger partial charge in [0, 0.05) is 6.42 Å². The van der Waals surface area contributed by atoms with Crippen LogP contribution in [-0.2, 0) is 4.79 Å². The van der Waals surface area contributed by atoms with E-state index in [-0.39, 0.29) is 12.5 Å². The summed E-state index contributed by atoms with van der Waals surface area (Å²) in [5.41, 5.74) is 0. The van der Waals surface area contributed by atoms with Crippen LogP contribution in [0.4, 0.5) is 0 Å². The standard InChI is InChI=1S/C43H77NO3/c1-3-5-7-9-11-13-15-17-19-21-22-23-25-27-29-31-33-35-37-39-43(47)44-41(40-45)42(46)38-36-34-32-30-28-26-24-20-18-16-14-12-10-8-6-4-2/h11,13,15,17-18,20,28,30,36,38,41-42,45-46H,3-10,12,14,16,19,21-27,29,31-35,37,39-40H2,1-2H3,(H,44,47)/b13-11-,17-15-,20-18+,30-28+,38-36+. The summed E-state index contributed by atoms with van der Waals surface area (Å²) in [5.74, 6) is -0.0849. The molecule has 1 amide bonds. The van der Waals surface area contributed by atoms with Crippen molar-refractivity contribution < 1.29 is 15.0 Å². The molecule has 47 heavy (non-hydrogen) atoms. The van der Waals surface area contributed by atoms with Crippen LogP contribution in [0.15, 0.2) is 60.8 Å². The Bertz CT molecular complexity index is 797. The molecule has 0 radical (unpaired) electrons. The van der Waals surface area contributed by atoms with E-state index in [1.807, 2.05) is 6.08 Å². The van der Waals surface area contributed by atoms with Gasteiger partial charge in [0.05, 0.1) is 18.8 Å². The predicted molar refractivity (Wildman–Crippen MR) is 207 cm³/mol. The van der Waals surface area contributed by atoms with E-state index in [2.05, 4.69) is 67.8 Å². The minimum atomic E-state index is -0.872. The Morgan fingerprint density at radius 3 is 1.40 bits per heavy atom. The van der Waals surface area contributed by atoms with Crippen molar-refractivity contribution in [1.29, 1.82) is 0 Å². The molecule has 0 aromatic carbocycles. The van der Waals surface area contributed by atoms with Crippen molar-refractivity contribution >= 4 is 5.91 Å². The monoisotopic (exact) mass is 656 g/mol. The first-order chi connectivity index (χ1) is 23.2. The molecule has 2 unspecified atom stereocenters. The molecule has 0 aliphatic rings. The van der Waals surface area contributed by atoms with Gasteiger partial charge in [-0.25, -0.2) is 0 Å². The first-order valence-corrected chi connectivity index (χ1v) is 20.0. The summed E-state index contributed by atoms with van der Waals surface area (Å²) < 4.78 is 0. The highest BCUT2D eigenvalue weighted by atomic mass is 16.3. The summed E-state index contributed by atoms with van der Waals surface area (Å²) in [6, 6.07) is -0.648. The number of unbranched alkanes of at least 4 members (excludes halogenated alkanes) is 21. The van der Waals surface area contributed by atoms with Crippen LogP contribution in [0.5, 0.6) is 0 Å². The largest absolute Gasteiger partial charge is 0.394 e. The fourth-order valence-electron chi connectivity index (χ4n) is 5.61. The molecule has 0 bridgehead atoms. The molecule has 4 nitrogen and oxygen atoms in total. The quantitative estimate of drug-likeness (QED) is 0.0361. The number of aliphatic hydroxyl groups excluding tert-OH is 2. The lowest BCUT2D eigenvalue weighted by atomic mass is 10.0. The summed E-state index contributed by atoms with van der Waals surface area (Å²) in [4.78, 5) is 12.3. The lowest BCUT2D eigenvalue weighted by molar-refractivity contribution is -0.123. The molecule has 2 atom stereocenters. The predicted octanol–water partition coefficient (Wildman–Crippen LogP) is 12.2. The number of hydrogen-bond acceptors (Lipinski definition) is 3. The van der Waals surface area contributed by atoms with Gasteiger partial charge in [-0.2, -0.15) is 0 Å². The second-order valence-corrected chi connectivity index (χ2v) is 13.4. The van der Waals surface area contributed by atoms with Crippen LogP contribution in [0.2, 0.25) is 0 Å². The van der Waals surface area contributed by atoms with Gasteiger partial charge in [0.15, 0.2) is 0 Å². The molecule has 272 valence electrons. The summed E-state index contributed by atoms with van der Waals surface area (Å²) in [7, 11) is 0. The summed E-state index contributed by atoms with van der Waals surface area (Å²) in [6.45, 7) is 4.24. The van der Waals surface area contributed by atoms with E-state index < -0.39 is 12.1 Å². The van der Waals surface area contributed by atoms with Crippen molar-refractivity contribution in [2.75, 3.05) is 6.61 Å². The molecule has 0 saturated carbocycles. The van der Waals surface area contributed by atoms with Crippen LogP contribution >= 0.6 is 0 Å². The van der Waals surface area contributed by atoms with Crippen LogP contribution < -0.4 is 5.32 Å². The normalized spacial score (nSPS) is 13.7. The number of carbonyl (C=O) groups is 1. The second kappa shape index (κ2) is 38.5. The SMILES string of the molecule is CCCCC/C=C\C=C/CCCCCCCCCCCCC(=O)NC(CO)C(O)/C=C/CC/C=C/CC/C=C/CCCCCCCC.